The number of anilines is 2. The topological polar surface area (TPSA) is 60.2 Å². The Morgan fingerprint density at radius 2 is 2.18 bits per heavy atom. The number of hydrogen-bond donors (Lipinski definition) is 2. The first kappa shape index (κ1) is 11.7. The van der Waals surface area contributed by atoms with E-state index >= 15 is 0 Å². The molecule has 2 aromatic rings. The van der Waals surface area contributed by atoms with Gasteiger partial charge in [0.15, 0.2) is 0 Å². The van der Waals surface area contributed by atoms with Crippen LogP contribution in [0.4, 0.5) is 11.4 Å². The highest BCUT2D eigenvalue weighted by Crippen LogP contribution is 2.27. The molecule has 0 aliphatic heterocycles. The number of hydrogen-bond acceptors (Lipinski definition) is 4. The van der Waals surface area contributed by atoms with E-state index in [0.717, 1.165) is 41.7 Å². The van der Waals surface area contributed by atoms with Gasteiger partial charge in [-0.15, -0.1) is 0 Å². The molecule has 0 amide bonds. The van der Waals surface area contributed by atoms with Crippen LogP contribution in [0, 0.1) is 0 Å². The molecule has 1 heterocycles. The summed E-state index contributed by atoms with van der Waals surface area (Å²) in [6.45, 7) is 1.65. The van der Waals surface area contributed by atoms with Crippen molar-refractivity contribution in [3.05, 3.63) is 30.6 Å². The van der Waals surface area contributed by atoms with Gasteiger partial charge in [0.2, 0.25) is 0 Å². The van der Waals surface area contributed by atoms with Crippen LogP contribution in [0.25, 0.3) is 10.8 Å². The van der Waals surface area contributed by atoms with Crippen LogP contribution in [0.3, 0.4) is 0 Å². The van der Waals surface area contributed by atoms with Crippen molar-refractivity contribution in [2.24, 2.45) is 0 Å². The maximum atomic E-state index is 5.91. The predicted molar refractivity (Wildman–Crippen MR) is 71.1 cm³/mol. The van der Waals surface area contributed by atoms with Crippen molar-refractivity contribution >= 4 is 22.1 Å². The first-order chi connectivity index (χ1) is 8.33. The van der Waals surface area contributed by atoms with Gasteiger partial charge in [-0.1, -0.05) is 0 Å². The number of nitrogen functional groups attached to an aromatic ring is 1. The Labute approximate surface area is 101 Å². The standard InChI is InChI=1S/C13H17N3O/c1-17-8-2-6-16-13-4-3-12(14)11-9-15-7-5-10(11)13/h3-5,7,9,16H,2,6,8,14H2,1H3. The zero-order chi connectivity index (χ0) is 12.1. The number of methoxy groups -OCH3 is 1. The normalized spacial score (nSPS) is 10.6. The molecule has 3 N–H and O–H groups in total. The smallest absolute Gasteiger partial charge is 0.0479 e. The van der Waals surface area contributed by atoms with Crippen LogP contribution in [-0.4, -0.2) is 25.2 Å². The molecule has 0 aliphatic carbocycles. The zero-order valence-corrected chi connectivity index (χ0v) is 9.94. The Balaban J connectivity index is 2.20. The molecule has 0 aliphatic rings. The van der Waals surface area contributed by atoms with Crippen LogP contribution in [0.5, 0.6) is 0 Å². The average molecular weight is 231 g/mol. The van der Waals surface area contributed by atoms with Gasteiger partial charge in [-0.25, -0.2) is 0 Å². The van der Waals surface area contributed by atoms with Crippen molar-refractivity contribution in [1.29, 1.82) is 0 Å². The van der Waals surface area contributed by atoms with Crippen LogP contribution in [0.1, 0.15) is 6.42 Å². The van der Waals surface area contributed by atoms with Crippen molar-refractivity contribution in [1.82, 2.24) is 4.98 Å². The molecular weight excluding hydrogens is 214 g/mol. The molecule has 0 spiro atoms. The molecule has 0 atom stereocenters. The van der Waals surface area contributed by atoms with Crippen molar-refractivity contribution < 1.29 is 4.74 Å². The molecule has 0 fully saturated rings. The fourth-order valence-electron chi connectivity index (χ4n) is 1.81. The third-order valence-corrected chi connectivity index (χ3v) is 2.69. The SMILES string of the molecule is COCCCNc1ccc(N)c2cnccc12. The van der Waals surface area contributed by atoms with Gasteiger partial charge < -0.3 is 15.8 Å². The highest BCUT2D eigenvalue weighted by atomic mass is 16.5. The predicted octanol–water partition coefficient (Wildman–Crippen LogP) is 2.27. The summed E-state index contributed by atoms with van der Waals surface area (Å²) in [5.41, 5.74) is 7.76. The van der Waals surface area contributed by atoms with E-state index < -0.39 is 0 Å². The number of nitrogens with zero attached hydrogens (tertiary/aromatic N) is 1. The van der Waals surface area contributed by atoms with Gasteiger partial charge in [0.05, 0.1) is 0 Å². The molecule has 0 saturated heterocycles. The van der Waals surface area contributed by atoms with Crippen LogP contribution < -0.4 is 11.1 Å². The molecule has 0 unspecified atom stereocenters. The Morgan fingerprint density at radius 1 is 1.29 bits per heavy atom. The third kappa shape index (κ3) is 2.65. The van der Waals surface area contributed by atoms with Crippen LogP contribution in [-0.2, 0) is 4.74 Å². The first-order valence-corrected chi connectivity index (χ1v) is 5.68. The van der Waals surface area contributed by atoms with Crippen molar-refractivity contribution in [3.63, 3.8) is 0 Å². The fourth-order valence-corrected chi connectivity index (χ4v) is 1.81. The molecule has 4 heteroatoms. The number of fused-ring (bicyclic) bond motifs is 1. The summed E-state index contributed by atoms with van der Waals surface area (Å²) in [6.07, 6.45) is 4.56. The van der Waals surface area contributed by atoms with E-state index in [2.05, 4.69) is 10.3 Å². The third-order valence-electron chi connectivity index (χ3n) is 2.69. The van der Waals surface area contributed by atoms with Crippen molar-refractivity contribution in [2.75, 3.05) is 31.3 Å². The molecule has 0 radical (unpaired) electrons. The number of ether oxygens (including phenoxy) is 1. The Kier molecular flexibility index (Phi) is 3.77. The lowest BCUT2D eigenvalue weighted by Crippen LogP contribution is -2.05. The summed E-state index contributed by atoms with van der Waals surface area (Å²) in [6, 6.07) is 5.89. The molecule has 2 rings (SSSR count). The van der Waals surface area contributed by atoms with E-state index in [9.17, 15) is 0 Å². The minimum Gasteiger partial charge on any atom is -0.398 e. The number of pyridine rings is 1. The molecule has 17 heavy (non-hydrogen) atoms. The molecule has 0 bridgehead atoms. The van der Waals surface area contributed by atoms with Gasteiger partial charge in [-0.3, -0.25) is 4.98 Å². The van der Waals surface area contributed by atoms with E-state index in [0.29, 0.717) is 0 Å². The van der Waals surface area contributed by atoms with E-state index in [1.165, 1.54) is 0 Å². The second kappa shape index (κ2) is 5.50. The Bertz CT molecular complexity index is 499. The lowest BCUT2D eigenvalue weighted by Gasteiger charge is -2.10. The Morgan fingerprint density at radius 3 is 3.00 bits per heavy atom. The average Bonchev–Trinajstić information content (AvgIpc) is 2.37. The molecule has 1 aromatic carbocycles. The lowest BCUT2D eigenvalue weighted by molar-refractivity contribution is 0.198. The molecule has 1 aromatic heterocycles. The van der Waals surface area contributed by atoms with Crippen molar-refractivity contribution in [2.45, 2.75) is 6.42 Å². The zero-order valence-electron chi connectivity index (χ0n) is 9.94. The summed E-state index contributed by atoms with van der Waals surface area (Å²) < 4.78 is 5.02. The summed E-state index contributed by atoms with van der Waals surface area (Å²) in [5, 5.41) is 5.49. The minimum atomic E-state index is 0.760. The number of rotatable bonds is 5. The van der Waals surface area contributed by atoms with Crippen LogP contribution in [0.2, 0.25) is 0 Å². The van der Waals surface area contributed by atoms with Gasteiger partial charge >= 0.3 is 0 Å². The van der Waals surface area contributed by atoms with Gasteiger partial charge in [-0.05, 0) is 24.6 Å². The number of nitrogens with one attached hydrogen (secondary N) is 1. The molecule has 0 saturated carbocycles. The quantitative estimate of drug-likeness (QED) is 0.612. The van der Waals surface area contributed by atoms with Crippen LogP contribution >= 0.6 is 0 Å². The number of nitrogens with two attached hydrogens (primary N) is 1. The molecule has 4 nitrogen and oxygen atoms in total. The summed E-state index contributed by atoms with van der Waals surface area (Å²) in [5.74, 6) is 0. The minimum absolute atomic E-state index is 0.760. The van der Waals surface area contributed by atoms with E-state index in [1.54, 1.807) is 19.5 Å². The highest BCUT2D eigenvalue weighted by molar-refractivity contribution is 6.00. The second-order valence-electron chi connectivity index (χ2n) is 3.90. The number of aromatic nitrogens is 1. The van der Waals surface area contributed by atoms with E-state index in [1.807, 2.05) is 18.2 Å². The second-order valence-corrected chi connectivity index (χ2v) is 3.90. The summed E-state index contributed by atoms with van der Waals surface area (Å²) in [4.78, 5) is 4.10. The fraction of sp³-hybridized carbons (Fsp3) is 0.308. The largest absolute Gasteiger partial charge is 0.398 e. The van der Waals surface area contributed by atoms with Crippen molar-refractivity contribution in [3.8, 4) is 0 Å². The van der Waals surface area contributed by atoms with Gasteiger partial charge in [-0.2, -0.15) is 0 Å². The maximum Gasteiger partial charge on any atom is 0.0479 e. The first-order valence-electron chi connectivity index (χ1n) is 5.68. The van der Waals surface area contributed by atoms with E-state index in [4.69, 9.17) is 10.5 Å². The van der Waals surface area contributed by atoms with Gasteiger partial charge in [0, 0.05) is 54.8 Å². The molecule has 90 valence electrons. The number of benzene rings is 1. The maximum absolute atomic E-state index is 5.91. The summed E-state index contributed by atoms with van der Waals surface area (Å²) in [7, 11) is 1.71. The lowest BCUT2D eigenvalue weighted by atomic mass is 10.1. The Hall–Kier alpha value is -1.81. The highest BCUT2D eigenvalue weighted by Gasteiger charge is 2.03. The van der Waals surface area contributed by atoms with Gasteiger partial charge in [0.25, 0.3) is 0 Å². The van der Waals surface area contributed by atoms with Gasteiger partial charge in [0.1, 0.15) is 0 Å². The monoisotopic (exact) mass is 231 g/mol. The molecular formula is C13H17N3O. The van der Waals surface area contributed by atoms with E-state index in [-0.39, 0.29) is 0 Å². The van der Waals surface area contributed by atoms with Crippen LogP contribution in [0.15, 0.2) is 30.6 Å². The summed E-state index contributed by atoms with van der Waals surface area (Å²) >= 11 is 0.